The van der Waals surface area contributed by atoms with Gasteiger partial charge in [0, 0.05) is 20.2 Å². The highest BCUT2D eigenvalue weighted by Gasteiger charge is 2.25. The molecule has 7 nitrogen and oxygen atoms in total. The van der Waals surface area contributed by atoms with E-state index in [-0.39, 0.29) is 49.6 Å². The number of ether oxygens (including phenoxy) is 2. The van der Waals surface area contributed by atoms with Gasteiger partial charge in [0.2, 0.25) is 0 Å². The van der Waals surface area contributed by atoms with Crippen molar-refractivity contribution in [3.8, 4) is 0 Å². The SMILES string of the molecule is CC(C)C(=O)C[C@@H](C)C(=O)OC(C)(C)C.C[C@H](N)C(=O)C[C@@H](C)C(=O)OC(C)(C)C.[HH]. The highest BCUT2D eigenvalue weighted by molar-refractivity contribution is 5.87. The van der Waals surface area contributed by atoms with Gasteiger partial charge in [0.1, 0.15) is 22.8 Å². The summed E-state index contributed by atoms with van der Waals surface area (Å²) in [5, 5.41) is 0. The summed E-state index contributed by atoms with van der Waals surface area (Å²) in [6, 6.07) is -0.519. The van der Waals surface area contributed by atoms with Gasteiger partial charge in [-0.15, -0.1) is 0 Å². The highest BCUT2D eigenvalue weighted by atomic mass is 16.6. The van der Waals surface area contributed by atoms with Gasteiger partial charge in [0.05, 0.1) is 17.9 Å². The zero-order valence-electron chi connectivity index (χ0n) is 20.8. The van der Waals surface area contributed by atoms with Crippen molar-refractivity contribution < 1.29 is 30.1 Å². The molecule has 0 spiro atoms. The van der Waals surface area contributed by atoms with E-state index in [0.29, 0.717) is 0 Å². The minimum atomic E-state index is -0.519. The molecule has 0 heterocycles. The first-order valence-corrected chi connectivity index (χ1v) is 10.5. The Labute approximate surface area is 183 Å². The molecule has 0 rings (SSSR count). The maximum absolute atomic E-state index is 11.5. The quantitative estimate of drug-likeness (QED) is 0.576. The summed E-state index contributed by atoms with van der Waals surface area (Å²) in [5.74, 6) is -1.45. The van der Waals surface area contributed by atoms with Crippen molar-refractivity contribution in [1.29, 1.82) is 0 Å². The van der Waals surface area contributed by atoms with Crippen LogP contribution >= 0.6 is 0 Å². The van der Waals surface area contributed by atoms with Crippen LogP contribution in [-0.4, -0.2) is 40.7 Å². The molecule has 0 radical (unpaired) electrons. The topological polar surface area (TPSA) is 113 Å². The van der Waals surface area contributed by atoms with E-state index >= 15 is 0 Å². The third kappa shape index (κ3) is 16.1. The highest BCUT2D eigenvalue weighted by Crippen LogP contribution is 2.15. The average Bonchev–Trinajstić information content (AvgIpc) is 2.51. The molecule has 7 heteroatoms. The summed E-state index contributed by atoms with van der Waals surface area (Å²) in [6.07, 6.45) is 0.416. The normalized spacial score (nSPS) is 14.7. The number of hydrogen-bond acceptors (Lipinski definition) is 7. The Bertz CT molecular complexity index is 536. The minimum Gasteiger partial charge on any atom is -0.460 e. The van der Waals surface area contributed by atoms with Crippen LogP contribution in [0.1, 0.15) is 90.4 Å². The third-order valence-corrected chi connectivity index (χ3v) is 3.78. The van der Waals surface area contributed by atoms with Crippen LogP contribution in [0.3, 0.4) is 0 Å². The Kier molecular flexibility index (Phi) is 13.0. The van der Waals surface area contributed by atoms with Gasteiger partial charge in [-0.25, -0.2) is 0 Å². The largest absolute Gasteiger partial charge is 0.460 e. The summed E-state index contributed by atoms with van der Waals surface area (Å²) < 4.78 is 10.3. The van der Waals surface area contributed by atoms with Crippen molar-refractivity contribution in [3.05, 3.63) is 0 Å². The third-order valence-electron chi connectivity index (χ3n) is 3.78. The van der Waals surface area contributed by atoms with E-state index in [0.717, 1.165) is 0 Å². The first-order valence-electron chi connectivity index (χ1n) is 10.5. The van der Waals surface area contributed by atoms with Gasteiger partial charge < -0.3 is 15.2 Å². The van der Waals surface area contributed by atoms with Crippen LogP contribution in [0, 0.1) is 17.8 Å². The van der Waals surface area contributed by atoms with Crippen molar-refractivity contribution in [2.45, 2.75) is 106 Å². The fourth-order valence-electron chi connectivity index (χ4n) is 2.00. The molecule has 0 saturated carbocycles. The van der Waals surface area contributed by atoms with Crippen molar-refractivity contribution in [2.24, 2.45) is 23.5 Å². The Balaban J connectivity index is -0.000000490. The maximum atomic E-state index is 11.5. The predicted molar refractivity (Wildman–Crippen MR) is 120 cm³/mol. The Morgan fingerprint density at radius 2 is 1.00 bits per heavy atom. The number of carbonyl (C=O) groups is 4. The number of esters is 2. The van der Waals surface area contributed by atoms with Crippen LogP contribution in [0.5, 0.6) is 0 Å². The van der Waals surface area contributed by atoms with Gasteiger partial charge in [-0.3, -0.25) is 19.2 Å². The van der Waals surface area contributed by atoms with Crippen LogP contribution in [0.4, 0.5) is 0 Å². The number of carbonyl (C=O) groups excluding carboxylic acids is 4. The number of nitrogens with two attached hydrogens (primary N) is 1. The number of rotatable bonds is 8. The fraction of sp³-hybridized carbons (Fsp3) is 0.826. The van der Waals surface area contributed by atoms with E-state index in [9.17, 15) is 19.2 Å². The molecule has 0 aliphatic heterocycles. The zero-order chi connectivity index (χ0) is 24.4. The van der Waals surface area contributed by atoms with Crippen molar-refractivity contribution in [2.75, 3.05) is 0 Å². The lowest BCUT2D eigenvalue weighted by molar-refractivity contribution is -0.161. The van der Waals surface area contributed by atoms with Crippen LogP contribution in [0.25, 0.3) is 0 Å². The first-order chi connectivity index (χ1) is 13.3. The predicted octanol–water partition coefficient (Wildman–Crippen LogP) is 4.10. The molecule has 0 bridgehead atoms. The second kappa shape index (κ2) is 12.8. The lowest BCUT2D eigenvalue weighted by Crippen LogP contribution is -2.32. The van der Waals surface area contributed by atoms with Crippen molar-refractivity contribution in [1.82, 2.24) is 0 Å². The molecule has 30 heavy (non-hydrogen) atoms. The fourth-order valence-corrected chi connectivity index (χ4v) is 2.00. The summed E-state index contributed by atoms with van der Waals surface area (Å²) in [7, 11) is 0. The number of Topliss-reactive ketones (excluding diaryl/α,β-unsaturated/α-hetero) is 2. The molecule has 0 saturated heterocycles. The average molecular weight is 432 g/mol. The minimum absolute atomic E-state index is 0. The van der Waals surface area contributed by atoms with Crippen molar-refractivity contribution in [3.63, 3.8) is 0 Å². The molecule has 2 N–H and O–H groups in total. The molecule has 0 aromatic carbocycles. The van der Waals surface area contributed by atoms with Gasteiger partial charge in [0.25, 0.3) is 0 Å². The van der Waals surface area contributed by atoms with Gasteiger partial charge in [0.15, 0.2) is 0 Å². The molecule has 0 unspecified atom stereocenters. The van der Waals surface area contributed by atoms with Gasteiger partial charge in [-0.05, 0) is 48.5 Å². The summed E-state index contributed by atoms with van der Waals surface area (Å²) in [6.45, 7) is 19.5. The molecule has 3 atom stereocenters. The molecule has 0 aliphatic rings. The van der Waals surface area contributed by atoms with E-state index < -0.39 is 23.2 Å². The van der Waals surface area contributed by atoms with E-state index in [1.54, 1.807) is 41.5 Å². The zero-order valence-corrected chi connectivity index (χ0v) is 20.8. The summed E-state index contributed by atoms with van der Waals surface area (Å²) in [4.78, 5) is 45.7. The number of hydrogen-bond donors (Lipinski definition) is 1. The lowest BCUT2D eigenvalue weighted by Gasteiger charge is -2.22. The van der Waals surface area contributed by atoms with Crippen LogP contribution in [0.2, 0.25) is 0 Å². The molecule has 0 aromatic rings. The second-order valence-electron chi connectivity index (χ2n) is 10.2. The van der Waals surface area contributed by atoms with Gasteiger partial charge >= 0.3 is 11.9 Å². The van der Waals surface area contributed by atoms with E-state index in [1.807, 2.05) is 34.6 Å². The molecule has 0 aliphatic carbocycles. The van der Waals surface area contributed by atoms with E-state index in [1.165, 1.54) is 0 Å². The summed E-state index contributed by atoms with van der Waals surface area (Å²) in [5.41, 5.74) is 4.42. The van der Waals surface area contributed by atoms with Crippen molar-refractivity contribution >= 4 is 23.5 Å². The first kappa shape index (κ1) is 30.4. The molecule has 0 fully saturated rings. The molecule has 178 valence electrons. The standard InChI is InChI=1S/C12H22O3.C11H21NO3.H2/c1-8(2)10(13)7-9(3)11(14)15-12(4,5)6;1-7(6-9(13)8(2)12)10(14)15-11(3,4)5;/h8-9H,7H2,1-6H3;7-8H,6,12H2,1-5H3;1H/t9-;7-,8+;/m11./s1. The van der Waals surface area contributed by atoms with Gasteiger partial charge in [-0.1, -0.05) is 27.7 Å². The molecular weight excluding hydrogens is 386 g/mol. The van der Waals surface area contributed by atoms with Crippen LogP contribution in [0.15, 0.2) is 0 Å². The van der Waals surface area contributed by atoms with E-state index in [4.69, 9.17) is 15.2 Å². The van der Waals surface area contributed by atoms with E-state index in [2.05, 4.69) is 0 Å². The monoisotopic (exact) mass is 431 g/mol. The Hall–Kier alpha value is -1.76. The number of ketones is 2. The molecule has 0 aromatic heterocycles. The smallest absolute Gasteiger partial charge is 0.309 e. The lowest BCUT2D eigenvalue weighted by atomic mass is 9.98. The molecular formula is C23H45NO6. The molecule has 0 amide bonds. The van der Waals surface area contributed by atoms with Gasteiger partial charge in [-0.2, -0.15) is 0 Å². The Morgan fingerprint density at radius 3 is 1.23 bits per heavy atom. The summed E-state index contributed by atoms with van der Waals surface area (Å²) >= 11 is 0. The second-order valence-corrected chi connectivity index (χ2v) is 10.2. The maximum Gasteiger partial charge on any atom is 0.309 e. The van der Waals surface area contributed by atoms with Crippen LogP contribution < -0.4 is 5.73 Å². The Morgan fingerprint density at radius 1 is 0.700 bits per heavy atom. The van der Waals surface area contributed by atoms with Crippen LogP contribution in [-0.2, 0) is 28.7 Å².